The van der Waals surface area contributed by atoms with Gasteiger partial charge in [-0.05, 0) is 55.5 Å². The van der Waals surface area contributed by atoms with Crippen molar-refractivity contribution in [1.29, 1.82) is 0 Å². The normalized spacial score (nSPS) is 19.6. The Hall–Kier alpha value is -1.65. The maximum absolute atomic E-state index is 5.58. The molecule has 26 heavy (non-hydrogen) atoms. The number of nitrogens with zero attached hydrogens (tertiary/aromatic N) is 2. The van der Waals surface area contributed by atoms with Crippen LogP contribution in [0.1, 0.15) is 50.4 Å². The summed E-state index contributed by atoms with van der Waals surface area (Å²) in [7, 11) is 0. The third-order valence-electron chi connectivity index (χ3n) is 5.90. The first-order chi connectivity index (χ1) is 12.5. The number of hydrogen-bond acceptors (Lipinski definition) is 2. The Morgan fingerprint density at radius 1 is 1.35 bits per heavy atom. The van der Waals surface area contributed by atoms with Gasteiger partial charge in [-0.25, -0.2) is 0 Å². The van der Waals surface area contributed by atoms with E-state index >= 15 is 0 Å². The molecule has 138 valence electrons. The van der Waals surface area contributed by atoms with E-state index in [1.54, 1.807) is 0 Å². The summed E-state index contributed by atoms with van der Waals surface area (Å²) in [6.07, 6.45) is 5.96. The Balaban J connectivity index is 1.86. The van der Waals surface area contributed by atoms with Crippen molar-refractivity contribution in [3.05, 3.63) is 41.1 Å². The van der Waals surface area contributed by atoms with Crippen molar-refractivity contribution in [2.24, 2.45) is 5.92 Å². The van der Waals surface area contributed by atoms with Crippen LogP contribution >= 0.6 is 12.2 Å². The number of rotatable bonds is 4. The molecule has 4 rings (SSSR count). The molecule has 0 radical (unpaired) electrons. The van der Waals surface area contributed by atoms with Gasteiger partial charge in [-0.1, -0.05) is 51.2 Å². The largest absolute Gasteiger partial charge is 0.296 e. The SMILES string of the molecule is CCCN1CCC=C2c3cccc4c3c(c(C)n4NC(=S)C(C)C)C[C@H]21. The van der Waals surface area contributed by atoms with Crippen molar-refractivity contribution in [3.63, 3.8) is 0 Å². The number of nitrogens with one attached hydrogen (secondary N) is 1. The first-order valence-corrected chi connectivity index (χ1v) is 10.3. The maximum atomic E-state index is 5.58. The molecule has 1 aromatic carbocycles. The molecule has 3 nitrogen and oxygen atoms in total. The van der Waals surface area contributed by atoms with E-state index in [-0.39, 0.29) is 0 Å². The predicted octanol–water partition coefficient (Wildman–Crippen LogP) is 4.90. The highest BCUT2D eigenvalue weighted by atomic mass is 32.1. The molecule has 0 saturated heterocycles. The third kappa shape index (κ3) is 2.71. The molecule has 2 aliphatic rings. The van der Waals surface area contributed by atoms with Crippen molar-refractivity contribution in [2.45, 2.75) is 53.0 Å². The lowest BCUT2D eigenvalue weighted by molar-refractivity contribution is 0.229. The molecule has 1 atom stereocenters. The molecule has 1 aliphatic heterocycles. The van der Waals surface area contributed by atoms with Gasteiger partial charge in [0.25, 0.3) is 0 Å². The van der Waals surface area contributed by atoms with Crippen LogP contribution < -0.4 is 5.43 Å². The second kappa shape index (κ2) is 6.82. The van der Waals surface area contributed by atoms with Crippen LogP contribution in [0.2, 0.25) is 0 Å². The summed E-state index contributed by atoms with van der Waals surface area (Å²) in [5.74, 6) is 0.337. The molecular formula is C22H29N3S. The van der Waals surface area contributed by atoms with Crippen LogP contribution in [0, 0.1) is 12.8 Å². The highest BCUT2D eigenvalue weighted by molar-refractivity contribution is 7.80. The quantitative estimate of drug-likeness (QED) is 0.776. The van der Waals surface area contributed by atoms with Crippen LogP contribution in [-0.2, 0) is 6.42 Å². The molecule has 2 heterocycles. The molecule has 1 aromatic heterocycles. The van der Waals surface area contributed by atoms with Gasteiger partial charge in [0.05, 0.1) is 10.5 Å². The van der Waals surface area contributed by atoms with Crippen LogP contribution in [0.3, 0.4) is 0 Å². The summed E-state index contributed by atoms with van der Waals surface area (Å²) in [5.41, 5.74) is 10.5. The standard InChI is InChI=1S/C22H29N3S/c1-5-11-24-12-7-9-16-17-8-6-10-19-21(17)18(13-20(16)24)15(4)25(19)23-22(26)14(2)3/h6,8-10,14,20H,5,7,11-13H2,1-4H3,(H,23,26)/t20-/m1/s1. The van der Waals surface area contributed by atoms with Crippen LogP contribution in [-0.4, -0.2) is 33.7 Å². The van der Waals surface area contributed by atoms with E-state index in [9.17, 15) is 0 Å². The van der Waals surface area contributed by atoms with Gasteiger partial charge in [0.2, 0.25) is 0 Å². The minimum absolute atomic E-state index is 0.337. The molecule has 0 spiro atoms. The van der Waals surface area contributed by atoms with Crippen molar-refractivity contribution >= 4 is 33.7 Å². The smallest absolute Gasteiger partial charge is 0.0971 e. The van der Waals surface area contributed by atoms with Gasteiger partial charge in [-0.2, -0.15) is 0 Å². The monoisotopic (exact) mass is 367 g/mol. The third-order valence-corrected chi connectivity index (χ3v) is 6.47. The molecule has 1 aliphatic carbocycles. The zero-order chi connectivity index (χ0) is 18.4. The van der Waals surface area contributed by atoms with Crippen LogP contribution in [0.5, 0.6) is 0 Å². The lowest BCUT2D eigenvalue weighted by Gasteiger charge is -2.39. The Morgan fingerprint density at radius 3 is 2.88 bits per heavy atom. The van der Waals surface area contributed by atoms with Gasteiger partial charge in [0.1, 0.15) is 0 Å². The average Bonchev–Trinajstić information content (AvgIpc) is 2.90. The van der Waals surface area contributed by atoms with E-state index in [4.69, 9.17) is 12.2 Å². The number of fused-ring (bicyclic) bond motifs is 2. The Labute approximate surface area is 162 Å². The zero-order valence-corrected chi connectivity index (χ0v) is 17.1. The van der Waals surface area contributed by atoms with E-state index in [2.05, 4.69) is 67.0 Å². The van der Waals surface area contributed by atoms with Gasteiger partial charge < -0.3 is 0 Å². The summed E-state index contributed by atoms with van der Waals surface area (Å²) >= 11 is 5.58. The molecule has 0 bridgehead atoms. The van der Waals surface area contributed by atoms with Crippen LogP contribution in [0.4, 0.5) is 0 Å². The maximum Gasteiger partial charge on any atom is 0.0971 e. The molecule has 0 fully saturated rings. The zero-order valence-electron chi connectivity index (χ0n) is 16.3. The summed E-state index contributed by atoms with van der Waals surface area (Å²) in [4.78, 5) is 3.57. The Morgan fingerprint density at radius 2 is 2.15 bits per heavy atom. The van der Waals surface area contributed by atoms with Crippen LogP contribution in [0.25, 0.3) is 16.5 Å². The highest BCUT2D eigenvalue weighted by Gasteiger charge is 2.34. The molecule has 4 heteroatoms. The first kappa shape index (κ1) is 17.7. The average molecular weight is 368 g/mol. The number of hydrogen-bond donors (Lipinski definition) is 1. The molecule has 0 unspecified atom stereocenters. The fourth-order valence-electron chi connectivity index (χ4n) is 4.57. The Bertz CT molecular complexity index is 890. The van der Waals surface area contributed by atoms with E-state index in [1.807, 2.05) is 0 Å². The number of aromatic nitrogens is 1. The molecule has 1 N–H and O–H groups in total. The minimum Gasteiger partial charge on any atom is -0.296 e. The van der Waals surface area contributed by atoms with Gasteiger partial charge in [-0.15, -0.1) is 0 Å². The van der Waals surface area contributed by atoms with Crippen LogP contribution in [0.15, 0.2) is 24.3 Å². The fourth-order valence-corrected chi connectivity index (χ4v) is 4.66. The predicted molar refractivity (Wildman–Crippen MR) is 115 cm³/mol. The second-order valence-corrected chi connectivity index (χ2v) is 8.37. The van der Waals surface area contributed by atoms with E-state index in [1.165, 1.54) is 52.8 Å². The van der Waals surface area contributed by atoms with Gasteiger partial charge in [0.15, 0.2) is 0 Å². The lowest BCUT2D eigenvalue weighted by atomic mass is 9.81. The number of benzene rings is 1. The molecule has 0 saturated carbocycles. The van der Waals surface area contributed by atoms with Gasteiger partial charge >= 0.3 is 0 Å². The number of thiocarbonyl (C=S) groups is 1. The van der Waals surface area contributed by atoms with Crippen molar-refractivity contribution in [1.82, 2.24) is 9.58 Å². The fraction of sp³-hybridized carbons (Fsp3) is 0.500. The topological polar surface area (TPSA) is 20.2 Å². The minimum atomic E-state index is 0.337. The van der Waals surface area contributed by atoms with Gasteiger partial charge in [-0.3, -0.25) is 15.0 Å². The summed E-state index contributed by atoms with van der Waals surface area (Å²) in [5, 5.41) is 1.42. The first-order valence-electron chi connectivity index (χ1n) is 9.91. The van der Waals surface area contributed by atoms with Gasteiger partial charge in [0, 0.05) is 29.6 Å². The second-order valence-electron chi connectivity index (χ2n) is 7.93. The molecular weight excluding hydrogens is 338 g/mol. The van der Waals surface area contributed by atoms with Crippen molar-refractivity contribution < 1.29 is 0 Å². The van der Waals surface area contributed by atoms with E-state index in [0.717, 1.165) is 17.8 Å². The van der Waals surface area contributed by atoms with E-state index < -0.39 is 0 Å². The summed E-state index contributed by atoms with van der Waals surface area (Å²) < 4.78 is 2.22. The summed E-state index contributed by atoms with van der Waals surface area (Å²) in [6, 6.07) is 7.25. The summed E-state index contributed by atoms with van der Waals surface area (Å²) in [6.45, 7) is 11.2. The highest BCUT2D eigenvalue weighted by Crippen LogP contribution is 2.42. The molecule has 2 aromatic rings. The Kier molecular flexibility index (Phi) is 4.66. The van der Waals surface area contributed by atoms with E-state index in [0.29, 0.717) is 12.0 Å². The lowest BCUT2D eigenvalue weighted by Crippen LogP contribution is -2.42. The molecule has 0 amide bonds. The van der Waals surface area contributed by atoms with Crippen molar-refractivity contribution in [2.75, 3.05) is 18.5 Å². The van der Waals surface area contributed by atoms with Crippen molar-refractivity contribution in [3.8, 4) is 0 Å².